The van der Waals surface area contributed by atoms with E-state index < -0.39 is 11.5 Å². The number of fused-ring (bicyclic) bond motifs is 1. The minimum Gasteiger partial charge on any atom is -0.478 e. The van der Waals surface area contributed by atoms with E-state index in [-0.39, 0.29) is 23.3 Å². The molecule has 1 atom stereocenters. The predicted octanol–water partition coefficient (Wildman–Crippen LogP) is 3.36. The van der Waals surface area contributed by atoms with Crippen LogP contribution in [-0.2, 0) is 4.74 Å². The zero-order valence-corrected chi connectivity index (χ0v) is 19.4. The lowest BCUT2D eigenvalue weighted by Gasteiger charge is -2.32. The molecule has 1 aliphatic heterocycles. The van der Waals surface area contributed by atoms with Crippen molar-refractivity contribution in [2.45, 2.75) is 38.8 Å². The van der Waals surface area contributed by atoms with Crippen LogP contribution < -0.4 is 15.8 Å². The molecular weight excluding hydrogens is 434 g/mol. The Balaban J connectivity index is 1.82. The molecular formula is C25H27N5O4. The highest BCUT2D eigenvalue weighted by molar-refractivity contribution is 5.94. The van der Waals surface area contributed by atoms with E-state index in [2.05, 4.69) is 11.4 Å². The molecule has 1 saturated heterocycles. The molecule has 3 aromatic rings. The highest BCUT2D eigenvalue weighted by atomic mass is 16.5. The van der Waals surface area contributed by atoms with Crippen molar-refractivity contribution in [1.29, 1.82) is 5.26 Å². The van der Waals surface area contributed by atoms with Gasteiger partial charge in [-0.05, 0) is 50.5 Å². The van der Waals surface area contributed by atoms with E-state index in [1.54, 1.807) is 31.5 Å². The molecule has 9 nitrogen and oxygen atoms in total. The summed E-state index contributed by atoms with van der Waals surface area (Å²) >= 11 is 0. The smallest absolute Gasteiger partial charge is 0.337 e. The number of carbonyl (C=O) groups is 1. The fraction of sp³-hybridized carbons (Fsp3) is 0.360. The van der Waals surface area contributed by atoms with Crippen LogP contribution in [0, 0.1) is 18.3 Å². The van der Waals surface area contributed by atoms with Crippen LogP contribution in [0.4, 0.5) is 11.5 Å². The minimum absolute atomic E-state index is 0.0155. The summed E-state index contributed by atoms with van der Waals surface area (Å²) in [7, 11) is 1.69. The Labute approximate surface area is 197 Å². The molecule has 0 amide bonds. The number of anilines is 2. The van der Waals surface area contributed by atoms with Gasteiger partial charge in [-0.3, -0.25) is 9.20 Å². The maximum Gasteiger partial charge on any atom is 0.337 e. The van der Waals surface area contributed by atoms with E-state index in [9.17, 15) is 20.0 Å². The fourth-order valence-electron chi connectivity index (χ4n) is 4.45. The minimum atomic E-state index is -1.03. The second-order valence-electron chi connectivity index (χ2n) is 8.53. The van der Waals surface area contributed by atoms with Crippen molar-refractivity contribution in [3.8, 4) is 6.07 Å². The third-order valence-corrected chi connectivity index (χ3v) is 6.25. The van der Waals surface area contributed by atoms with Gasteiger partial charge in [-0.1, -0.05) is 12.1 Å². The molecule has 176 valence electrons. The van der Waals surface area contributed by atoms with E-state index >= 15 is 0 Å². The summed E-state index contributed by atoms with van der Waals surface area (Å²) in [5, 5.41) is 22.6. The van der Waals surface area contributed by atoms with E-state index in [1.807, 2.05) is 24.8 Å². The standard InChI is InChI=1S/C25H27N5O4/c1-15-12-19(16(2)27-21-7-5-4-6-18(21)25(32)33)23-28-22(20(13-26)24(31)30(23)14-15)29-10-8-17(34-3)9-11-29/h4-7,12,14,16-17,27H,8-11H2,1-3H3,(H,32,33)/t16-/m1/s1. The molecule has 3 heterocycles. The van der Waals surface area contributed by atoms with Crippen LogP contribution in [0.2, 0.25) is 0 Å². The van der Waals surface area contributed by atoms with Gasteiger partial charge in [0, 0.05) is 37.6 Å². The molecule has 0 aliphatic carbocycles. The molecule has 4 rings (SSSR count). The number of nitrogens with one attached hydrogen (secondary N) is 1. The van der Waals surface area contributed by atoms with Crippen LogP contribution in [0.1, 0.15) is 52.9 Å². The molecule has 1 fully saturated rings. The Kier molecular flexibility index (Phi) is 6.52. The van der Waals surface area contributed by atoms with Gasteiger partial charge in [0.05, 0.1) is 17.7 Å². The fourth-order valence-corrected chi connectivity index (χ4v) is 4.45. The van der Waals surface area contributed by atoms with Crippen LogP contribution in [0.25, 0.3) is 5.65 Å². The number of carboxylic acid groups (broad SMARTS) is 1. The van der Waals surface area contributed by atoms with Crippen molar-refractivity contribution in [2.75, 3.05) is 30.4 Å². The molecule has 2 aromatic heterocycles. The summed E-state index contributed by atoms with van der Waals surface area (Å²) in [6.07, 6.45) is 3.40. The molecule has 0 bridgehead atoms. The van der Waals surface area contributed by atoms with Crippen molar-refractivity contribution in [2.24, 2.45) is 0 Å². The van der Waals surface area contributed by atoms with Gasteiger partial charge < -0.3 is 20.1 Å². The van der Waals surface area contributed by atoms with Crippen molar-refractivity contribution < 1.29 is 14.6 Å². The number of piperidine rings is 1. The number of nitrogens with zero attached hydrogens (tertiary/aromatic N) is 4. The number of carboxylic acids is 1. The van der Waals surface area contributed by atoms with Gasteiger partial charge in [0.1, 0.15) is 11.7 Å². The number of aromatic carboxylic acids is 1. The summed E-state index contributed by atoms with van der Waals surface area (Å²) in [4.78, 5) is 31.7. The number of aromatic nitrogens is 2. The van der Waals surface area contributed by atoms with E-state index in [4.69, 9.17) is 9.72 Å². The first-order chi connectivity index (χ1) is 16.3. The lowest BCUT2D eigenvalue weighted by Crippen LogP contribution is -2.39. The molecule has 0 spiro atoms. The van der Waals surface area contributed by atoms with E-state index in [1.165, 1.54) is 10.5 Å². The summed E-state index contributed by atoms with van der Waals surface area (Å²) in [5.74, 6) is -0.649. The normalized spacial score (nSPS) is 15.2. The van der Waals surface area contributed by atoms with Crippen LogP contribution in [0.3, 0.4) is 0 Å². The average Bonchev–Trinajstić information content (AvgIpc) is 2.84. The summed E-state index contributed by atoms with van der Waals surface area (Å²) in [6.45, 7) is 5.03. The zero-order valence-electron chi connectivity index (χ0n) is 19.4. The molecule has 2 N–H and O–H groups in total. The Morgan fingerprint density at radius 3 is 2.68 bits per heavy atom. The first-order valence-electron chi connectivity index (χ1n) is 11.2. The Morgan fingerprint density at radius 2 is 2.03 bits per heavy atom. The predicted molar refractivity (Wildman–Crippen MR) is 129 cm³/mol. The van der Waals surface area contributed by atoms with Crippen molar-refractivity contribution in [3.63, 3.8) is 0 Å². The largest absolute Gasteiger partial charge is 0.478 e. The molecule has 0 unspecified atom stereocenters. The number of benzene rings is 1. The van der Waals surface area contributed by atoms with E-state index in [0.29, 0.717) is 30.2 Å². The Morgan fingerprint density at radius 1 is 1.32 bits per heavy atom. The van der Waals surface area contributed by atoms with Gasteiger partial charge in [-0.2, -0.15) is 5.26 Å². The number of aryl methyl sites for hydroxylation is 1. The lowest BCUT2D eigenvalue weighted by molar-refractivity contribution is 0.0698. The SMILES string of the molecule is COC1CCN(c2nc3c([C@@H](C)Nc4ccccc4C(=O)O)cc(C)cn3c(=O)c2C#N)CC1. The molecule has 1 aromatic carbocycles. The van der Waals surface area contributed by atoms with Gasteiger partial charge >= 0.3 is 5.97 Å². The number of nitriles is 1. The number of methoxy groups -OCH3 is 1. The van der Waals surface area contributed by atoms with Gasteiger partial charge in [-0.25, -0.2) is 9.78 Å². The maximum atomic E-state index is 13.3. The van der Waals surface area contributed by atoms with Gasteiger partial charge in [0.2, 0.25) is 0 Å². The number of pyridine rings is 1. The van der Waals surface area contributed by atoms with Crippen LogP contribution >= 0.6 is 0 Å². The first kappa shape index (κ1) is 23.3. The third kappa shape index (κ3) is 4.32. The average molecular weight is 462 g/mol. The second-order valence-corrected chi connectivity index (χ2v) is 8.53. The van der Waals surface area contributed by atoms with Crippen LogP contribution in [0.5, 0.6) is 0 Å². The monoisotopic (exact) mass is 461 g/mol. The van der Waals surface area contributed by atoms with E-state index in [0.717, 1.165) is 24.0 Å². The molecule has 0 saturated carbocycles. The van der Waals surface area contributed by atoms with Crippen molar-refractivity contribution in [3.05, 3.63) is 69.1 Å². The lowest BCUT2D eigenvalue weighted by atomic mass is 10.1. The van der Waals surface area contributed by atoms with Crippen molar-refractivity contribution in [1.82, 2.24) is 9.38 Å². The highest BCUT2D eigenvalue weighted by Gasteiger charge is 2.26. The first-order valence-corrected chi connectivity index (χ1v) is 11.2. The summed E-state index contributed by atoms with van der Waals surface area (Å²) in [6, 6.07) is 10.3. The number of ether oxygens (including phenoxy) is 1. The Bertz CT molecular complexity index is 1340. The van der Waals surface area contributed by atoms with Crippen LogP contribution in [0.15, 0.2) is 41.3 Å². The Hall–Kier alpha value is -3.90. The molecule has 0 radical (unpaired) electrons. The number of rotatable bonds is 6. The third-order valence-electron chi connectivity index (χ3n) is 6.25. The molecule has 34 heavy (non-hydrogen) atoms. The number of hydrogen-bond donors (Lipinski definition) is 2. The molecule has 1 aliphatic rings. The number of para-hydroxylation sites is 1. The zero-order chi connectivity index (χ0) is 24.4. The summed E-state index contributed by atoms with van der Waals surface area (Å²) in [5.41, 5.74) is 2.22. The maximum absolute atomic E-state index is 13.3. The van der Waals surface area contributed by atoms with Crippen LogP contribution in [-0.4, -0.2) is 46.8 Å². The summed E-state index contributed by atoms with van der Waals surface area (Å²) < 4.78 is 6.86. The topological polar surface area (TPSA) is 120 Å². The van der Waals surface area contributed by atoms with Crippen molar-refractivity contribution >= 4 is 23.1 Å². The van der Waals surface area contributed by atoms with Gasteiger partial charge in [0.25, 0.3) is 5.56 Å². The highest BCUT2D eigenvalue weighted by Crippen LogP contribution is 2.28. The quantitative estimate of drug-likeness (QED) is 0.573. The second kappa shape index (κ2) is 9.53. The number of hydrogen-bond acceptors (Lipinski definition) is 7. The van der Waals surface area contributed by atoms with Gasteiger partial charge in [-0.15, -0.1) is 0 Å². The molecule has 9 heteroatoms. The van der Waals surface area contributed by atoms with Gasteiger partial charge in [0.15, 0.2) is 11.4 Å².